The van der Waals surface area contributed by atoms with E-state index >= 15 is 0 Å². The monoisotopic (exact) mass is 577 g/mol. The Morgan fingerprint density at radius 1 is 0.775 bits per heavy atom. The van der Waals surface area contributed by atoms with Gasteiger partial charge in [0, 0.05) is 38.9 Å². The number of ketones is 2. The smallest absolute Gasteiger partial charge is 0.305 e. The quantitative estimate of drug-likeness (QED) is 0.193. The third-order valence-corrected chi connectivity index (χ3v) is 7.44. The number of hydrogen-bond acceptors (Lipinski definition) is 4. The normalized spacial score (nSPS) is 14.0. The molecule has 0 spiro atoms. The van der Waals surface area contributed by atoms with Crippen LogP contribution in [-0.4, -0.2) is 35.1 Å². The Bertz CT molecular complexity index is 1420. The fraction of sp³-hybridized carbons (Fsp3) is 0.250. The Labute approximate surface area is 243 Å². The van der Waals surface area contributed by atoms with Gasteiger partial charge in [-0.25, -0.2) is 0 Å². The number of amides is 1. The summed E-state index contributed by atoms with van der Waals surface area (Å²) >= 11 is 12.2. The van der Waals surface area contributed by atoms with Gasteiger partial charge in [0.25, 0.3) is 5.91 Å². The number of hydrogen-bond donors (Lipinski definition) is 2. The fourth-order valence-electron chi connectivity index (χ4n) is 4.87. The van der Waals surface area contributed by atoms with Gasteiger partial charge in [-0.15, -0.1) is 0 Å². The molecular formula is C32H29Cl2NO5. The zero-order valence-electron chi connectivity index (χ0n) is 21.8. The predicted molar refractivity (Wildman–Crippen MR) is 156 cm³/mol. The molecular weight excluding hydrogens is 549 g/mol. The van der Waals surface area contributed by atoms with Crippen LogP contribution in [0.15, 0.2) is 72.8 Å². The lowest BCUT2D eigenvalue weighted by molar-refractivity contribution is -0.136. The number of carbonyl (C=O) groups excluding carboxylic acids is 3. The van der Waals surface area contributed by atoms with E-state index in [4.69, 9.17) is 28.3 Å². The van der Waals surface area contributed by atoms with Crippen LogP contribution in [0.2, 0.25) is 10.0 Å². The summed E-state index contributed by atoms with van der Waals surface area (Å²) in [6.07, 6.45) is 7.07. The van der Waals surface area contributed by atoms with Crippen LogP contribution in [-0.2, 0) is 4.79 Å². The average molecular weight is 578 g/mol. The summed E-state index contributed by atoms with van der Waals surface area (Å²) in [4.78, 5) is 50.0. The Balaban J connectivity index is 1.63. The maximum absolute atomic E-state index is 13.7. The van der Waals surface area contributed by atoms with Crippen molar-refractivity contribution in [2.24, 2.45) is 0 Å². The van der Waals surface area contributed by atoms with Gasteiger partial charge in [0.2, 0.25) is 0 Å². The molecule has 0 saturated heterocycles. The Kier molecular flexibility index (Phi) is 9.91. The van der Waals surface area contributed by atoms with E-state index in [1.165, 1.54) is 73.4 Å². The molecule has 6 nitrogen and oxygen atoms in total. The third kappa shape index (κ3) is 7.68. The summed E-state index contributed by atoms with van der Waals surface area (Å²) < 4.78 is 0. The van der Waals surface area contributed by atoms with Crippen molar-refractivity contribution in [1.29, 1.82) is 0 Å². The van der Waals surface area contributed by atoms with E-state index in [9.17, 15) is 19.2 Å². The lowest BCUT2D eigenvalue weighted by Gasteiger charge is -2.22. The number of carboxylic acids is 1. The van der Waals surface area contributed by atoms with Gasteiger partial charge < -0.3 is 10.4 Å². The number of halogens is 2. The molecule has 0 atom stereocenters. The Morgan fingerprint density at radius 3 is 1.95 bits per heavy atom. The van der Waals surface area contributed by atoms with Crippen molar-refractivity contribution >= 4 is 52.2 Å². The number of aliphatic carboxylic acids is 1. The molecule has 3 aromatic carbocycles. The lowest BCUT2D eigenvalue weighted by Crippen LogP contribution is -2.26. The highest BCUT2D eigenvalue weighted by atomic mass is 35.5. The summed E-state index contributed by atoms with van der Waals surface area (Å²) in [5.74, 6) is -1.76. The van der Waals surface area contributed by atoms with Gasteiger partial charge in [0.05, 0.1) is 6.42 Å². The Morgan fingerprint density at radius 2 is 1.35 bits per heavy atom. The molecule has 206 valence electrons. The number of allylic oxidation sites excluding steroid dienone is 2. The third-order valence-electron chi connectivity index (χ3n) is 7.00. The summed E-state index contributed by atoms with van der Waals surface area (Å²) in [7, 11) is 0. The first-order valence-electron chi connectivity index (χ1n) is 13.2. The molecule has 40 heavy (non-hydrogen) atoms. The molecule has 1 amide bonds. The second-order valence-electron chi connectivity index (χ2n) is 9.84. The molecule has 0 bridgehead atoms. The predicted octanol–water partition coefficient (Wildman–Crippen LogP) is 7.39. The van der Waals surface area contributed by atoms with E-state index in [-0.39, 0.29) is 35.4 Å². The van der Waals surface area contributed by atoms with E-state index in [1.54, 1.807) is 0 Å². The standard InChI is InChI=1S/C32H29Cl2NO5/c33-26-16-25(17-27(34)18-26)29(36)19-28(22-8-6-21(7-9-22)20-4-2-1-3-5-20)31(39)23-10-12-24(13-11-23)32(40)35-15-14-30(37)38/h6-13,16-20H,1-5,14-15H2,(H,35,40)(H,37,38). The number of rotatable bonds is 10. The van der Waals surface area contributed by atoms with Gasteiger partial charge in [0.1, 0.15) is 0 Å². The fourth-order valence-corrected chi connectivity index (χ4v) is 5.40. The molecule has 0 heterocycles. The summed E-state index contributed by atoms with van der Waals surface area (Å²) in [5, 5.41) is 11.9. The van der Waals surface area contributed by atoms with E-state index in [0.717, 1.165) is 12.8 Å². The van der Waals surface area contributed by atoms with Crippen molar-refractivity contribution in [2.45, 2.75) is 44.4 Å². The molecule has 3 aromatic rings. The van der Waals surface area contributed by atoms with Crippen molar-refractivity contribution in [3.05, 3.63) is 111 Å². The molecule has 8 heteroatoms. The maximum Gasteiger partial charge on any atom is 0.305 e. The van der Waals surface area contributed by atoms with Crippen LogP contribution in [0.3, 0.4) is 0 Å². The highest BCUT2D eigenvalue weighted by Gasteiger charge is 2.20. The highest BCUT2D eigenvalue weighted by Crippen LogP contribution is 2.33. The largest absolute Gasteiger partial charge is 0.481 e. The molecule has 1 aliphatic carbocycles. The van der Waals surface area contributed by atoms with E-state index in [1.807, 2.05) is 24.3 Å². The van der Waals surface area contributed by atoms with Gasteiger partial charge in [0.15, 0.2) is 11.6 Å². The second-order valence-corrected chi connectivity index (χ2v) is 10.7. The zero-order chi connectivity index (χ0) is 28.6. The van der Waals surface area contributed by atoms with Gasteiger partial charge in [-0.1, -0.05) is 78.9 Å². The summed E-state index contributed by atoms with van der Waals surface area (Å²) in [5.41, 5.74) is 2.86. The van der Waals surface area contributed by atoms with Gasteiger partial charge in [-0.3, -0.25) is 19.2 Å². The molecule has 2 N–H and O–H groups in total. The maximum atomic E-state index is 13.7. The average Bonchev–Trinajstić information content (AvgIpc) is 2.95. The van der Waals surface area contributed by atoms with Crippen LogP contribution in [0.1, 0.15) is 86.6 Å². The van der Waals surface area contributed by atoms with Crippen LogP contribution in [0.4, 0.5) is 0 Å². The van der Waals surface area contributed by atoms with Crippen LogP contribution >= 0.6 is 23.2 Å². The zero-order valence-corrected chi connectivity index (χ0v) is 23.3. The summed E-state index contributed by atoms with van der Waals surface area (Å²) in [6.45, 7) is -0.00574. The van der Waals surface area contributed by atoms with Crippen LogP contribution < -0.4 is 5.32 Å². The van der Waals surface area contributed by atoms with Crippen LogP contribution in [0, 0.1) is 0 Å². The molecule has 1 saturated carbocycles. The van der Waals surface area contributed by atoms with Crippen molar-refractivity contribution < 1.29 is 24.3 Å². The number of Topliss-reactive ketones (excluding diaryl/α,β-unsaturated/α-hetero) is 1. The van der Waals surface area contributed by atoms with Gasteiger partial charge in [-0.05, 0) is 66.3 Å². The number of carboxylic acid groups (broad SMARTS) is 1. The minimum Gasteiger partial charge on any atom is -0.481 e. The minimum absolute atomic E-state index is 0.00574. The minimum atomic E-state index is -1.01. The first-order valence-corrected chi connectivity index (χ1v) is 13.9. The van der Waals surface area contributed by atoms with Crippen molar-refractivity contribution in [3.63, 3.8) is 0 Å². The first kappa shape index (κ1) is 29.2. The number of nitrogens with one attached hydrogen (secondary N) is 1. The molecule has 0 unspecified atom stereocenters. The molecule has 4 rings (SSSR count). The topological polar surface area (TPSA) is 101 Å². The SMILES string of the molecule is O=C(O)CCNC(=O)c1ccc(C(=O)C(=CC(=O)c2cc(Cl)cc(Cl)c2)c2ccc(C3CCCCC3)cc2)cc1. The number of carbonyl (C=O) groups is 4. The molecule has 0 radical (unpaired) electrons. The second kappa shape index (κ2) is 13.6. The van der Waals surface area contributed by atoms with Gasteiger partial charge in [-0.2, -0.15) is 0 Å². The molecule has 1 aliphatic rings. The molecule has 0 aliphatic heterocycles. The first-order chi connectivity index (χ1) is 19.2. The van der Waals surface area contributed by atoms with E-state index in [2.05, 4.69) is 5.32 Å². The lowest BCUT2D eigenvalue weighted by atomic mass is 9.83. The highest BCUT2D eigenvalue weighted by molar-refractivity contribution is 6.36. The van der Waals surface area contributed by atoms with Gasteiger partial charge >= 0.3 is 5.97 Å². The van der Waals surface area contributed by atoms with E-state index in [0.29, 0.717) is 27.1 Å². The van der Waals surface area contributed by atoms with E-state index < -0.39 is 17.7 Å². The van der Waals surface area contributed by atoms with Crippen LogP contribution in [0.5, 0.6) is 0 Å². The molecule has 0 aromatic heterocycles. The Hall–Kier alpha value is -3.74. The van der Waals surface area contributed by atoms with Crippen molar-refractivity contribution in [1.82, 2.24) is 5.32 Å². The summed E-state index contributed by atoms with van der Waals surface area (Å²) in [6, 6.07) is 18.3. The van der Waals surface area contributed by atoms with Crippen LogP contribution in [0.25, 0.3) is 5.57 Å². The molecule has 1 fully saturated rings. The van der Waals surface area contributed by atoms with Crippen molar-refractivity contribution in [2.75, 3.05) is 6.54 Å². The van der Waals surface area contributed by atoms with Crippen molar-refractivity contribution in [3.8, 4) is 0 Å². The number of benzene rings is 3.